The molecule has 0 bridgehead atoms. The Morgan fingerprint density at radius 3 is 2.62 bits per heavy atom. The highest BCUT2D eigenvalue weighted by Gasteiger charge is 2.11. The van der Waals surface area contributed by atoms with Gasteiger partial charge in [-0.15, -0.1) is 11.8 Å². The standard InChI is InChI=1S/C14H13Cl2N3OS/c15-10-7-9(17)8-11(16)14(10)19-12(20)4-6-21-13-3-1-2-5-18-13/h1-3,5,7-8H,4,6,17H2,(H,19,20). The zero-order chi connectivity index (χ0) is 15.2. The molecule has 7 heteroatoms. The molecule has 1 aromatic heterocycles. The average molecular weight is 342 g/mol. The van der Waals surface area contributed by atoms with Gasteiger partial charge in [-0.25, -0.2) is 4.98 Å². The van der Waals surface area contributed by atoms with Crippen molar-refractivity contribution in [2.75, 3.05) is 16.8 Å². The van der Waals surface area contributed by atoms with Crippen molar-refractivity contribution in [3.8, 4) is 0 Å². The van der Waals surface area contributed by atoms with E-state index in [0.717, 1.165) is 5.03 Å². The van der Waals surface area contributed by atoms with E-state index in [4.69, 9.17) is 28.9 Å². The monoisotopic (exact) mass is 341 g/mol. The van der Waals surface area contributed by atoms with Gasteiger partial charge < -0.3 is 11.1 Å². The van der Waals surface area contributed by atoms with E-state index in [1.54, 1.807) is 18.3 Å². The Balaban J connectivity index is 1.88. The van der Waals surface area contributed by atoms with E-state index in [1.807, 2.05) is 18.2 Å². The Kier molecular flexibility index (Phi) is 5.73. The summed E-state index contributed by atoms with van der Waals surface area (Å²) in [7, 11) is 0. The van der Waals surface area contributed by atoms with Crippen LogP contribution in [-0.4, -0.2) is 16.6 Å². The second kappa shape index (κ2) is 7.54. The Bertz CT molecular complexity index is 614. The molecule has 0 aliphatic rings. The molecule has 21 heavy (non-hydrogen) atoms. The van der Waals surface area contributed by atoms with Crippen LogP contribution in [0.1, 0.15) is 6.42 Å². The van der Waals surface area contributed by atoms with Gasteiger partial charge in [0.1, 0.15) is 0 Å². The number of carbonyl (C=O) groups is 1. The molecule has 2 aromatic rings. The van der Waals surface area contributed by atoms with Crippen LogP contribution in [0, 0.1) is 0 Å². The molecule has 0 saturated heterocycles. The average Bonchev–Trinajstić information content (AvgIpc) is 2.44. The Labute approximate surface area is 137 Å². The lowest BCUT2D eigenvalue weighted by atomic mass is 10.2. The molecule has 110 valence electrons. The number of hydrogen-bond acceptors (Lipinski definition) is 4. The molecule has 4 nitrogen and oxygen atoms in total. The number of nitrogens with zero attached hydrogens (tertiary/aromatic N) is 1. The van der Waals surface area contributed by atoms with Crippen LogP contribution in [0.5, 0.6) is 0 Å². The van der Waals surface area contributed by atoms with Crippen LogP contribution in [0.25, 0.3) is 0 Å². The molecule has 1 amide bonds. The van der Waals surface area contributed by atoms with E-state index in [9.17, 15) is 4.79 Å². The number of nitrogen functional groups attached to an aromatic ring is 1. The van der Waals surface area contributed by atoms with Crippen LogP contribution in [0.4, 0.5) is 11.4 Å². The SMILES string of the molecule is Nc1cc(Cl)c(NC(=O)CCSc2ccccn2)c(Cl)c1. The normalized spacial score (nSPS) is 10.4. The second-order valence-electron chi connectivity index (χ2n) is 4.17. The van der Waals surface area contributed by atoms with Crippen molar-refractivity contribution < 1.29 is 4.79 Å². The van der Waals surface area contributed by atoms with Gasteiger partial charge in [0.2, 0.25) is 5.91 Å². The third-order valence-corrected chi connectivity index (χ3v) is 4.09. The number of nitrogens with one attached hydrogen (secondary N) is 1. The number of halogens is 2. The smallest absolute Gasteiger partial charge is 0.225 e. The van der Waals surface area contributed by atoms with Crippen molar-refractivity contribution in [1.29, 1.82) is 0 Å². The summed E-state index contributed by atoms with van der Waals surface area (Å²) in [6, 6.07) is 8.75. The molecule has 0 aliphatic heterocycles. The molecular formula is C14H13Cl2N3OS. The maximum atomic E-state index is 11.9. The summed E-state index contributed by atoms with van der Waals surface area (Å²) in [4.78, 5) is 16.1. The number of nitrogens with two attached hydrogens (primary N) is 1. The third-order valence-electron chi connectivity index (χ3n) is 2.55. The Morgan fingerprint density at radius 1 is 1.29 bits per heavy atom. The first-order valence-corrected chi connectivity index (χ1v) is 7.88. The van der Waals surface area contributed by atoms with Crippen molar-refractivity contribution in [1.82, 2.24) is 4.98 Å². The predicted molar refractivity (Wildman–Crippen MR) is 89.1 cm³/mol. The van der Waals surface area contributed by atoms with Gasteiger partial charge in [0.05, 0.1) is 20.8 Å². The van der Waals surface area contributed by atoms with E-state index in [1.165, 1.54) is 11.8 Å². The van der Waals surface area contributed by atoms with Crippen molar-refractivity contribution in [3.63, 3.8) is 0 Å². The van der Waals surface area contributed by atoms with Crippen LogP contribution in [0.2, 0.25) is 10.0 Å². The molecule has 0 fully saturated rings. The molecule has 0 unspecified atom stereocenters. The fourth-order valence-electron chi connectivity index (χ4n) is 1.59. The van der Waals surface area contributed by atoms with E-state index < -0.39 is 0 Å². The number of aromatic nitrogens is 1. The summed E-state index contributed by atoms with van der Waals surface area (Å²) in [5.41, 5.74) is 6.45. The van der Waals surface area contributed by atoms with Crippen LogP contribution in [0.15, 0.2) is 41.6 Å². The molecular weight excluding hydrogens is 329 g/mol. The van der Waals surface area contributed by atoms with E-state index in [0.29, 0.717) is 33.6 Å². The van der Waals surface area contributed by atoms with Crippen molar-refractivity contribution >= 4 is 52.2 Å². The Morgan fingerprint density at radius 2 is 2.00 bits per heavy atom. The van der Waals surface area contributed by atoms with Gasteiger partial charge in [0, 0.05) is 24.1 Å². The van der Waals surface area contributed by atoms with Crippen molar-refractivity contribution in [2.45, 2.75) is 11.4 Å². The summed E-state index contributed by atoms with van der Waals surface area (Å²) in [6.45, 7) is 0. The summed E-state index contributed by atoms with van der Waals surface area (Å²) < 4.78 is 0. The molecule has 2 rings (SSSR count). The Hall–Kier alpha value is -1.43. The molecule has 0 radical (unpaired) electrons. The maximum Gasteiger partial charge on any atom is 0.225 e. The molecule has 0 saturated carbocycles. The number of amides is 1. The van der Waals surface area contributed by atoms with Gasteiger partial charge in [-0.1, -0.05) is 29.3 Å². The van der Waals surface area contributed by atoms with E-state index >= 15 is 0 Å². The zero-order valence-electron chi connectivity index (χ0n) is 11.0. The molecule has 0 aliphatic carbocycles. The molecule has 1 aromatic carbocycles. The van der Waals surface area contributed by atoms with Gasteiger partial charge in [-0.3, -0.25) is 4.79 Å². The predicted octanol–water partition coefficient (Wildman–Crippen LogP) is 4.09. The maximum absolute atomic E-state index is 11.9. The highest BCUT2D eigenvalue weighted by molar-refractivity contribution is 7.99. The van der Waals surface area contributed by atoms with Gasteiger partial charge in [-0.2, -0.15) is 0 Å². The highest BCUT2D eigenvalue weighted by atomic mass is 35.5. The second-order valence-corrected chi connectivity index (χ2v) is 6.10. The first-order valence-electron chi connectivity index (χ1n) is 6.14. The largest absolute Gasteiger partial charge is 0.399 e. The van der Waals surface area contributed by atoms with Crippen LogP contribution in [-0.2, 0) is 4.79 Å². The minimum atomic E-state index is -0.160. The van der Waals surface area contributed by atoms with Crippen molar-refractivity contribution in [3.05, 3.63) is 46.6 Å². The number of benzene rings is 1. The minimum Gasteiger partial charge on any atom is -0.399 e. The third kappa shape index (κ3) is 4.81. The number of anilines is 2. The number of thioether (sulfide) groups is 1. The lowest BCUT2D eigenvalue weighted by Gasteiger charge is -2.10. The van der Waals surface area contributed by atoms with E-state index in [-0.39, 0.29) is 5.91 Å². The molecule has 3 N–H and O–H groups in total. The van der Waals surface area contributed by atoms with Gasteiger partial charge in [-0.05, 0) is 24.3 Å². The fraction of sp³-hybridized carbons (Fsp3) is 0.143. The van der Waals surface area contributed by atoms with Gasteiger partial charge in [0.15, 0.2) is 0 Å². The molecule has 0 atom stereocenters. The number of hydrogen-bond donors (Lipinski definition) is 2. The van der Waals surface area contributed by atoms with E-state index in [2.05, 4.69) is 10.3 Å². The summed E-state index contributed by atoms with van der Waals surface area (Å²) >= 11 is 13.5. The lowest BCUT2D eigenvalue weighted by Crippen LogP contribution is -2.13. The lowest BCUT2D eigenvalue weighted by molar-refractivity contribution is -0.115. The first kappa shape index (κ1) is 15.9. The highest BCUT2D eigenvalue weighted by Crippen LogP contribution is 2.32. The summed E-state index contributed by atoms with van der Waals surface area (Å²) in [5.74, 6) is 0.458. The summed E-state index contributed by atoms with van der Waals surface area (Å²) in [5, 5.41) is 4.23. The number of pyridine rings is 1. The van der Waals surface area contributed by atoms with Crippen molar-refractivity contribution in [2.24, 2.45) is 0 Å². The summed E-state index contributed by atoms with van der Waals surface area (Å²) in [6.07, 6.45) is 2.05. The van der Waals surface area contributed by atoms with Gasteiger partial charge >= 0.3 is 0 Å². The quantitative estimate of drug-likeness (QED) is 0.634. The zero-order valence-corrected chi connectivity index (χ0v) is 13.3. The molecule has 0 spiro atoms. The van der Waals surface area contributed by atoms with Crippen LogP contribution in [0.3, 0.4) is 0 Å². The fourth-order valence-corrected chi connectivity index (χ4v) is 3.00. The topological polar surface area (TPSA) is 68.0 Å². The van der Waals surface area contributed by atoms with Crippen LogP contribution >= 0.6 is 35.0 Å². The number of rotatable bonds is 5. The van der Waals surface area contributed by atoms with Gasteiger partial charge in [0.25, 0.3) is 0 Å². The first-order chi connectivity index (χ1) is 10.1. The minimum absolute atomic E-state index is 0.160. The molecule has 1 heterocycles. The number of carbonyl (C=O) groups excluding carboxylic acids is 1. The van der Waals surface area contributed by atoms with Crippen LogP contribution < -0.4 is 11.1 Å².